The van der Waals surface area contributed by atoms with E-state index in [2.05, 4.69) is 28.2 Å². The molecular formula is C19H23N5O. The van der Waals surface area contributed by atoms with Gasteiger partial charge in [0.2, 0.25) is 5.91 Å². The Hall–Kier alpha value is -2.60. The van der Waals surface area contributed by atoms with Gasteiger partial charge >= 0.3 is 0 Å². The largest absolute Gasteiger partial charge is 0.339 e. The molecule has 1 aromatic carbocycles. The number of piperazine rings is 1. The number of carbonyl (C=O) groups is 1. The van der Waals surface area contributed by atoms with Crippen molar-refractivity contribution >= 4 is 16.8 Å². The number of rotatable bonds is 5. The quantitative estimate of drug-likeness (QED) is 0.712. The third-order valence-corrected chi connectivity index (χ3v) is 4.92. The topological polar surface area (TPSA) is 46.3 Å². The standard InChI is InChI=1S/C19H23N5O/c25-19(16-23-9-6-17-4-1-2-5-18(17)23)22-13-10-21(11-14-22)12-15-24-8-3-7-20-24/h1-9H,10-16H2. The van der Waals surface area contributed by atoms with E-state index in [0.717, 1.165) is 44.8 Å². The minimum Gasteiger partial charge on any atom is -0.339 e. The lowest BCUT2D eigenvalue weighted by molar-refractivity contribution is -0.133. The molecule has 6 nitrogen and oxygen atoms in total. The van der Waals surface area contributed by atoms with E-state index in [1.165, 1.54) is 5.39 Å². The van der Waals surface area contributed by atoms with Crippen molar-refractivity contribution in [1.82, 2.24) is 24.1 Å². The Bertz CT molecular complexity index is 831. The van der Waals surface area contributed by atoms with Crippen molar-refractivity contribution in [1.29, 1.82) is 0 Å². The van der Waals surface area contributed by atoms with Crippen LogP contribution in [0.5, 0.6) is 0 Å². The van der Waals surface area contributed by atoms with Crippen LogP contribution in [0.1, 0.15) is 0 Å². The van der Waals surface area contributed by atoms with Gasteiger partial charge in [-0.3, -0.25) is 14.4 Å². The fourth-order valence-corrected chi connectivity index (χ4v) is 3.42. The van der Waals surface area contributed by atoms with Crippen molar-refractivity contribution in [3.63, 3.8) is 0 Å². The summed E-state index contributed by atoms with van der Waals surface area (Å²) in [5, 5.41) is 5.41. The summed E-state index contributed by atoms with van der Waals surface area (Å²) in [5.74, 6) is 0.202. The summed E-state index contributed by atoms with van der Waals surface area (Å²) in [6.45, 7) is 5.76. The first-order chi connectivity index (χ1) is 12.3. The number of hydrogen-bond donors (Lipinski definition) is 0. The van der Waals surface area contributed by atoms with Gasteiger partial charge in [0.1, 0.15) is 6.54 Å². The van der Waals surface area contributed by atoms with Gasteiger partial charge in [0.05, 0.1) is 6.54 Å². The first-order valence-electron chi connectivity index (χ1n) is 8.81. The lowest BCUT2D eigenvalue weighted by atomic mass is 10.2. The Labute approximate surface area is 147 Å². The summed E-state index contributed by atoms with van der Waals surface area (Å²) in [6, 6.07) is 12.2. The number of carbonyl (C=O) groups excluding carboxylic acids is 1. The zero-order valence-electron chi connectivity index (χ0n) is 14.3. The molecule has 0 radical (unpaired) electrons. The Kier molecular flexibility index (Phi) is 4.52. The van der Waals surface area contributed by atoms with Gasteiger partial charge in [-0.1, -0.05) is 18.2 Å². The second-order valence-electron chi connectivity index (χ2n) is 6.49. The summed E-state index contributed by atoms with van der Waals surface area (Å²) in [7, 11) is 0. The third-order valence-electron chi connectivity index (χ3n) is 4.92. The average molecular weight is 337 g/mol. The molecule has 0 atom stereocenters. The molecule has 25 heavy (non-hydrogen) atoms. The highest BCUT2D eigenvalue weighted by Gasteiger charge is 2.21. The van der Waals surface area contributed by atoms with E-state index in [-0.39, 0.29) is 5.91 Å². The number of amides is 1. The first-order valence-corrected chi connectivity index (χ1v) is 8.81. The van der Waals surface area contributed by atoms with Crippen LogP contribution >= 0.6 is 0 Å². The zero-order valence-corrected chi connectivity index (χ0v) is 14.3. The molecule has 0 N–H and O–H groups in total. The van der Waals surface area contributed by atoms with Crippen molar-refractivity contribution in [3.05, 3.63) is 55.0 Å². The molecule has 0 spiro atoms. The molecule has 0 bridgehead atoms. The maximum Gasteiger partial charge on any atom is 0.242 e. The lowest BCUT2D eigenvalue weighted by Crippen LogP contribution is -2.50. The molecule has 4 rings (SSSR count). The van der Waals surface area contributed by atoms with Crippen molar-refractivity contribution < 1.29 is 4.79 Å². The number of fused-ring (bicyclic) bond motifs is 1. The molecule has 1 saturated heterocycles. The van der Waals surface area contributed by atoms with Gasteiger partial charge in [-0.2, -0.15) is 5.10 Å². The molecule has 1 fully saturated rings. The van der Waals surface area contributed by atoms with E-state index in [4.69, 9.17) is 0 Å². The molecule has 6 heteroatoms. The SMILES string of the molecule is O=C(Cn1ccc2ccccc21)N1CCN(CCn2cccn2)CC1. The van der Waals surface area contributed by atoms with Crippen molar-refractivity contribution in [2.24, 2.45) is 0 Å². The molecule has 3 aromatic rings. The Morgan fingerprint density at radius 2 is 1.80 bits per heavy atom. The molecule has 1 aliphatic rings. The molecule has 0 unspecified atom stereocenters. The summed E-state index contributed by atoms with van der Waals surface area (Å²) >= 11 is 0. The van der Waals surface area contributed by atoms with E-state index in [1.807, 2.05) is 50.9 Å². The van der Waals surface area contributed by atoms with E-state index in [0.29, 0.717) is 6.54 Å². The summed E-state index contributed by atoms with van der Waals surface area (Å²) in [4.78, 5) is 17.0. The predicted octanol–water partition coefficient (Wildman–Crippen LogP) is 1.68. The molecular weight excluding hydrogens is 314 g/mol. The van der Waals surface area contributed by atoms with E-state index < -0.39 is 0 Å². The minimum atomic E-state index is 0.202. The number of benzene rings is 1. The van der Waals surface area contributed by atoms with Crippen LogP contribution in [-0.2, 0) is 17.9 Å². The van der Waals surface area contributed by atoms with Crippen LogP contribution in [0, 0.1) is 0 Å². The third kappa shape index (κ3) is 3.58. The molecule has 3 heterocycles. The number of para-hydroxylation sites is 1. The highest BCUT2D eigenvalue weighted by molar-refractivity contribution is 5.83. The minimum absolute atomic E-state index is 0.202. The van der Waals surface area contributed by atoms with Crippen molar-refractivity contribution in [2.45, 2.75) is 13.1 Å². The molecule has 2 aromatic heterocycles. The first kappa shape index (κ1) is 15.9. The Morgan fingerprint density at radius 3 is 2.60 bits per heavy atom. The average Bonchev–Trinajstić information content (AvgIpc) is 3.31. The zero-order chi connectivity index (χ0) is 17.1. The maximum absolute atomic E-state index is 12.6. The van der Waals surface area contributed by atoms with Crippen LogP contribution in [0.4, 0.5) is 0 Å². The van der Waals surface area contributed by atoms with Gasteiger partial charge in [-0.25, -0.2) is 0 Å². The Balaban J connectivity index is 1.29. The summed E-state index contributed by atoms with van der Waals surface area (Å²) in [5.41, 5.74) is 1.12. The smallest absolute Gasteiger partial charge is 0.242 e. The van der Waals surface area contributed by atoms with Gasteiger partial charge in [0.25, 0.3) is 0 Å². The van der Waals surface area contributed by atoms with Crippen LogP contribution in [0.15, 0.2) is 55.0 Å². The van der Waals surface area contributed by atoms with Crippen LogP contribution in [-0.4, -0.2) is 62.8 Å². The van der Waals surface area contributed by atoms with Crippen molar-refractivity contribution in [3.8, 4) is 0 Å². The number of aromatic nitrogens is 3. The van der Waals surface area contributed by atoms with E-state index in [9.17, 15) is 4.79 Å². The molecule has 1 aliphatic heterocycles. The fraction of sp³-hybridized carbons (Fsp3) is 0.368. The molecule has 0 saturated carbocycles. The van der Waals surface area contributed by atoms with Crippen LogP contribution in [0.25, 0.3) is 10.9 Å². The van der Waals surface area contributed by atoms with Gasteiger partial charge < -0.3 is 9.47 Å². The number of nitrogens with zero attached hydrogens (tertiary/aromatic N) is 5. The summed E-state index contributed by atoms with van der Waals surface area (Å²) in [6.07, 6.45) is 5.80. The van der Waals surface area contributed by atoms with Gasteiger partial charge in [0, 0.05) is 56.8 Å². The van der Waals surface area contributed by atoms with Crippen LogP contribution < -0.4 is 0 Å². The fourth-order valence-electron chi connectivity index (χ4n) is 3.42. The molecule has 0 aliphatic carbocycles. The monoisotopic (exact) mass is 337 g/mol. The normalized spacial score (nSPS) is 15.8. The van der Waals surface area contributed by atoms with Gasteiger partial charge in [-0.15, -0.1) is 0 Å². The van der Waals surface area contributed by atoms with Gasteiger partial charge in [-0.05, 0) is 23.6 Å². The molecule has 130 valence electrons. The molecule has 1 amide bonds. The maximum atomic E-state index is 12.6. The highest BCUT2D eigenvalue weighted by atomic mass is 16.2. The number of hydrogen-bond acceptors (Lipinski definition) is 3. The van der Waals surface area contributed by atoms with Crippen molar-refractivity contribution in [2.75, 3.05) is 32.7 Å². The second-order valence-corrected chi connectivity index (χ2v) is 6.49. The van der Waals surface area contributed by atoms with E-state index in [1.54, 1.807) is 0 Å². The highest BCUT2D eigenvalue weighted by Crippen LogP contribution is 2.15. The summed E-state index contributed by atoms with van der Waals surface area (Å²) < 4.78 is 4.00. The van der Waals surface area contributed by atoms with Crippen LogP contribution in [0.3, 0.4) is 0 Å². The van der Waals surface area contributed by atoms with Gasteiger partial charge in [0.15, 0.2) is 0 Å². The second kappa shape index (κ2) is 7.11. The predicted molar refractivity (Wildman–Crippen MR) is 97.2 cm³/mol. The van der Waals surface area contributed by atoms with Crippen LogP contribution in [0.2, 0.25) is 0 Å². The Morgan fingerprint density at radius 1 is 0.960 bits per heavy atom. The van der Waals surface area contributed by atoms with E-state index >= 15 is 0 Å². The lowest BCUT2D eigenvalue weighted by Gasteiger charge is -2.34.